The quantitative estimate of drug-likeness (QED) is 0.707. The van der Waals surface area contributed by atoms with Gasteiger partial charge in [-0.3, -0.25) is 14.3 Å². The summed E-state index contributed by atoms with van der Waals surface area (Å²) >= 11 is 1.47. The summed E-state index contributed by atoms with van der Waals surface area (Å²) in [6.45, 7) is 3.35. The van der Waals surface area contributed by atoms with Gasteiger partial charge in [-0.25, -0.2) is 4.79 Å². The molecule has 0 amide bonds. The van der Waals surface area contributed by atoms with Crippen LogP contribution in [0.15, 0.2) is 15.8 Å². The van der Waals surface area contributed by atoms with Gasteiger partial charge >= 0.3 is 5.69 Å². The Labute approximate surface area is 127 Å². The number of aromatic amines is 1. The Morgan fingerprint density at radius 3 is 2.52 bits per heavy atom. The summed E-state index contributed by atoms with van der Waals surface area (Å²) in [5.41, 5.74) is -0.480. The fourth-order valence-electron chi connectivity index (χ4n) is 2.04. The highest BCUT2D eigenvalue weighted by molar-refractivity contribution is 7.99. The zero-order chi connectivity index (χ0) is 16.0. The number of aromatic nitrogens is 2. The second-order valence-electron chi connectivity index (χ2n) is 4.48. The molecule has 0 unspecified atom stereocenters. The van der Waals surface area contributed by atoms with Gasteiger partial charge in [-0.15, -0.1) is 11.8 Å². The summed E-state index contributed by atoms with van der Waals surface area (Å²) < 4.78 is 12.1. The van der Waals surface area contributed by atoms with Crippen molar-refractivity contribution in [3.05, 3.63) is 32.6 Å². The van der Waals surface area contributed by atoms with Gasteiger partial charge in [-0.2, -0.15) is 0 Å². The molecule has 0 saturated carbocycles. The topological polar surface area (TPSA) is 93.5 Å². The molecule has 0 aliphatic heterocycles. The summed E-state index contributed by atoms with van der Waals surface area (Å²) in [7, 11) is 2.97. The lowest BCUT2D eigenvalue weighted by molar-refractivity contribution is -0.0681. The number of ether oxygens (including phenoxy) is 2. The Balaban J connectivity index is 3.31. The molecule has 3 atom stereocenters. The van der Waals surface area contributed by atoms with Gasteiger partial charge in [0.15, 0.2) is 0 Å². The Hall–Kier alpha value is -1.09. The van der Waals surface area contributed by atoms with Crippen LogP contribution in [0.4, 0.5) is 0 Å². The molecule has 0 aromatic carbocycles. The van der Waals surface area contributed by atoms with Gasteiger partial charge in [-0.1, -0.05) is 6.92 Å². The van der Waals surface area contributed by atoms with E-state index in [1.807, 2.05) is 6.92 Å². The van der Waals surface area contributed by atoms with E-state index in [0.717, 1.165) is 5.75 Å². The number of hydrogen-bond donors (Lipinski definition) is 2. The maximum atomic E-state index is 12.1. The second-order valence-corrected chi connectivity index (χ2v) is 5.88. The second kappa shape index (κ2) is 8.38. The van der Waals surface area contributed by atoms with Crippen LogP contribution in [-0.2, 0) is 9.47 Å². The van der Waals surface area contributed by atoms with Crippen molar-refractivity contribution in [1.82, 2.24) is 9.55 Å². The van der Waals surface area contributed by atoms with Crippen molar-refractivity contribution in [2.24, 2.45) is 0 Å². The zero-order valence-corrected chi connectivity index (χ0v) is 13.5. The molecule has 21 heavy (non-hydrogen) atoms. The summed E-state index contributed by atoms with van der Waals surface area (Å²) in [6.07, 6.45) is 0.399. The lowest BCUT2D eigenvalue weighted by Gasteiger charge is -2.31. The van der Waals surface area contributed by atoms with Crippen LogP contribution in [0.1, 0.15) is 17.9 Å². The number of nitrogens with zero attached hydrogens (tertiary/aromatic N) is 1. The third-order valence-corrected chi connectivity index (χ3v) is 4.33. The van der Waals surface area contributed by atoms with Crippen molar-refractivity contribution in [2.45, 2.75) is 31.4 Å². The largest absolute Gasteiger partial charge is 0.394 e. The Bertz CT molecular complexity index is 552. The van der Waals surface area contributed by atoms with Crippen LogP contribution in [-0.4, -0.2) is 53.4 Å². The normalized spacial score (nSPS) is 15.7. The molecule has 0 saturated heterocycles. The molecule has 0 bridgehead atoms. The van der Waals surface area contributed by atoms with Gasteiger partial charge in [0.1, 0.15) is 17.6 Å². The van der Waals surface area contributed by atoms with Gasteiger partial charge in [0.2, 0.25) is 0 Å². The summed E-state index contributed by atoms with van der Waals surface area (Å²) in [5, 5.41) is 8.98. The highest BCUT2D eigenvalue weighted by atomic mass is 32.2. The van der Waals surface area contributed by atoms with Crippen molar-refractivity contribution < 1.29 is 14.6 Å². The van der Waals surface area contributed by atoms with Crippen molar-refractivity contribution >= 4 is 11.8 Å². The zero-order valence-electron chi connectivity index (χ0n) is 12.7. The molecule has 120 valence electrons. The summed E-state index contributed by atoms with van der Waals surface area (Å²) in [4.78, 5) is 25.8. The summed E-state index contributed by atoms with van der Waals surface area (Å²) in [6, 6.07) is 0. The van der Waals surface area contributed by atoms with E-state index in [1.165, 1.54) is 36.7 Å². The van der Waals surface area contributed by atoms with Gasteiger partial charge in [-0.05, 0) is 12.7 Å². The van der Waals surface area contributed by atoms with E-state index in [-0.39, 0.29) is 6.61 Å². The fraction of sp³-hybridized carbons (Fsp3) is 0.692. The Morgan fingerprint density at radius 1 is 1.38 bits per heavy atom. The van der Waals surface area contributed by atoms with E-state index in [9.17, 15) is 14.7 Å². The van der Waals surface area contributed by atoms with E-state index >= 15 is 0 Å². The van der Waals surface area contributed by atoms with Crippen molar-refractivity contribution in [2.75, 3.05) is 26.6 Å². The number of nitrogens with one attached hydrogen (secondary N) is 1. The van der Waals surface area contributed by atoms with E-state index < -0.39 is 28.8 Å². The molecular formula is C13H22N2O5S. The molecule has 2 N–H and O–H groups in total. The molecule has 8 heteroatoms. The maximum Gasteiger partial charge on any atom is 0.329 e. The number of hydrogen-bond acceptors (Lipinski definition) is 6. The minimum atomic E-state index is -0.571. The first-order valence-electron chi connectivity index (χ1n) is 6.60. The van der Waals surface area contributed by atoms with Crippen molar-refractivity contribution in [3.8, 4) is 0 Å². The molecule has 1 aromatic heterocycles. The minimum Gasteiger partial charge on any atom is -0.394 e. The standard InChI is InChI=1S/C13H22N2O5S/c1-5-21-12(10(20-4)9(7-16)19-3)15-6-8(2)11(17)14-13(15)18/h6,9-10,12,16H,5,7H2,1-4H3,(H,14,17,18)/t9-,10+,12-/m1/s1. The molecule has 0 radical (unpaired) electrons. The van der Waals surface area contributed by atoms with Crippen molar-refractivity contribution in [1.29, 1.82) is 0 Å². The number of thioether (sulfide) groups is 1. The van der Waals surface area contributed by atoms with Crippen LogP contribution in [0.25, 0.3) is 0 Å². The molecule has 1 rings (SSSR count). The number of aryl methyl sites for hydroxylation is 1. The molecular weight excluding hydrogens is 296 g/mol. The highest BCUT2D eigenvalue weighted by Gasteiger charge is 2.31. The van der Waals surface area contributed by atoms with E-state index in [4.69, 9.17) is 9.47 Å². The van der Waals surface area contributed by atoms with Crippen LogP contribution in [0.2, 0.25) is 0 Å². The average molecular weight is 318 g/mol. The van der Waals surface area contributed by atoms with E-state index in [0.29, 0.717) is 5.56 Å². The smallest absolute Gasteiger partial charge is 0.329 e. The van der Waals surface area contributed by atoms with Crippen LogP contribution in [0, 0.1) is 6.92 Å². The molecule has 1 aromatic rings. The predicted molar refractivity (Wildman–Crippen MR) is 81.9 cm³/mol. The first-order chi connectivity index (χ1) is 9.99. The van der Waals surface area contributed by atoms with Crippen LogP contribution in [0.3, 0.4) is 0 Å². The monoisotopic (exact) mass is 318 g/mol. The van der Waals surface area contributed by atoms with Gasteiger partial charge in [0.25, 0.3) is 5.56 Å². The van der Waals surface area contributed by atoms with E-state index in [1.54, 1.807) is 6.92 Å². The van der Waals surface area contributed by atoms with E-state index in [2.05, 4.69) is 4.98 Å². The van der Waals surface area contributed by atoms with Gasteiger partial charge in [0.05, 0.1) is 6.61 Å². The third-order valence-electron chi connectivity index (χ3n) is 3.16. The Kier molecular flexibility index (Phi) is 7.16. The number of aliphatic hydroxyl groups is 1. The van der Waals surface area contributed by atoms with Crippen molar-refractivity contribution in [3.63, 3.8) is 0 Å². The predicted octanol–water partition coefficient (Wildman–Crippen LogP) is 0.119. The van der Waals surface area contributed by atoms with Crippen LogP contribution < -0.4 is 11.2 Å². The molecule has 7 nitrogen and oxygen atoms in total. The highest BCUT2D eigenvalue weighted by Crippen LogP contribution is 2.29. The van der Waals surface area contributed by atoms with Crippen LogP contribution >= 0.6 is 11.8 Å². The minimum absolute atomic E-state index is 0.229. The number of H-pyrrole nitrogens is 1. The number of rotatable bonds is 8. The van der Waals surface area contributed by atoms with Gasteiger partial charge < -0.3 is 14.6 Å². The molecule has 0 fully saturated rings. The first-order valence-corrected chi connectivity index (χ1v) is 7.65. The number of methoxy groups -OCH3 is 2. The molecule has 0 spiro atoms. The molecule has 0 aliphatic carbocycles. The molecule has 0 aliphatic rings. The van der Waals surface area contributed by atoms with Crippen LogP contribution in [0.5, 0.6) is 0 Å². The number of aliphatic hydroxyl groups excluding tert-OH is 1. The lowest BCUT2D eigenvalue weighted by atomic mass is 10.2. The lowest BCUT2D eigenvalue weighted by Crippen LogP contribution is -2.43. The first kappa shape index (κ1) is 18.0. The third kappa shape index (κ3) is 4.19. The SMILES string of the molecule is CCS[C@H]([C@@H](OC)[C@@H](CO)OC)n1cc(C)c(=O)[nH]c1=O. The average Bonchev–Trinajstić information content (AvgIpc) is 2.47. The summed E-state index contributed by atoms with van der Waals surface area (Å²) in [5.74, 6) is 0.733. The van der Waals surface area contributed by atoms with Gasteiger partial charge in [0, 0.05) is 26.0 Å². The fourth-order valence-corrected chi connectivity index (χ4v) is 3.18. The Morgan fingerprint density at radius 2 is 2.05 bits per heavy atom. The maximum absolute atomic E-state index is 12.1. The molecule has 1 heterocycles.